The van der Waals surface area contributed by atoms with Gasteiger partial charge in [0.05, 0.1) is 12.6 Å². The molecule has 1 amide bonds. The molecular weight excluding hydrogens is 234 g/mol. The van der Waals surface area contributed by atoms with Crippen LogP contribution in [-0.4, -0.2) is 35.7 Å². The van der Waals surface area contributed by atoms with E-state index in [1.54, 1.807) is 0 Å². The summed E-state index contributed by atoms with van der Waals surface area (Å²) in [7, 11) is 0. The Bertz CT molecular complexity index is 369. The van der Waals surface area contributed by atoms with Crippen LogP contribution in [0.5, 0.6) is 0 Å². The molecule has 4 heteroatoms. The molecular formula is C13H17NO2S. The average Bonchev–Trinajstić information content (AvgIpc) is 2.40. The predicted octanol–water partition coefficient (Wildman–Crippen LogP) is 2.93. The second-order valence-corrected chi connectivity index (χ2v) is 5.04. The summed E-state index contributed by atoms with van der Waals surface area (Å²) in [6, 6.07) is 10.3. The smallest absolute Gasteiger partial charge is 0.410 e. The van der Waals surface area contributed by atoms with Crippen LogP contribution in [0.2, 0.25) is 0 Å². The Morgan fingerprint density at radius 3 is 2.94 bits per heavy atom. The fourth-order valence-electron chi connectivity index (χ4n) is 1.98. The van der Waals surface area contributed by atoms with E-state index in [0.717, 1.165) is 18.1 Å². The number of carbonyl (C=O) groups excluding carboxylic acids is 1. The first-order valence-corrected chi connectivity index (χ1v) is 7.04. The third-order valence-electron chi connectivity index (χ3n) is 2.82. The van der Waals surface area contributed by atoms with Gasteiger partial charge in [-0.05, 0) is 12.5 Å². The molecule has 0 radical (unpaired) electrons. The Morgan fingerprint density at radius 1 is 1.47 bits per heavy atom. The maximum absolute atomic E-state index is 11.9. The fraction of sp³-hybridized carbons (Fsp3) is 0.462. The predicted molar refractivity (Wildman–Crippen MR) is 70.2 cm³/mol. The second kappa shape index (κ2) is 5.96. The van der Waals surface area contributed by atoms with E-state index in [2.05, 4.69) is 12.1 Å². The lowest BCUT2D eigenvalue weighted by molar-refractivity contribution is 0.0952. The van der Waals surface area contributed by atoms with Crippen molar-refractivity contribution < 1.29 is 9.53 Å². The number of hydrogen-bond donors (Lipinski definition) is 0. The Kier molecular flexibility index (Phi) is 4.31. The first kappa shape index (κ1) is 12.3. The Morgan fingerprint density at radius 2 is 2.24 bits per heavy atom. The van der Waals surface area contributed by atoms with E-state index >= 15 is 0 Å². The molecule has 0 spiro atoms. The lowest BCUT2D eigenvalue weighted by Crippen LogP contribution is -2.41. The van der Waals surface area contributed by atoms with Crippen molar-refractivity contribution >= 4 is 17.9 Å². The SMILES string of the molecule is CCOC(=O)N1CCSC[C@@H]1c1ccccc1. The molecule has 92 valence electrons. The normalized spacial score (nSPS) is 20.1. The van der Waals surface area contributed by atoms with E-state index in [-0.39, 0.29) is 12.1 Å². The van der Waals surface area contributed by atoms with Gasteiger partial charge in [-0.2, -0.15) is 11.8 Å². The molecule has 1 atom stereocenters. The molecule has 1 saturated heterocycles. The van der Waals surface area contributed by atoms with Crippen LogP contribution in [0.15, 0.2) is 30.3 Å². The summed E-state index contributed by atoms with van der Waals surface area (Å²) in [5.74, 6) is 1.94. The molecule has 0 aromatic heterocycles. The van der Waals surface area contributed by atoms with Crippen molar-refractivity contribution in [3.8, 4) is 0 Å². The summed E-state index contributed by atoms with van der Waals surface area (Å²) >= 11 is 1.89. The molecule has 1 fully saturated rings. The molecule has 3 nitrogen and oxygen atoms in total. The quantitative estimate of drug-likeness (QED) is 0.809. The van der Waals surface area contributed by atoms with Crippen molar-refractivity contribution in [2.75, 3.05) is 24.7 Å². The van der Waals surface area contributed by atoms with Crippen LogP contribution < -0.4 is 0 Å². The van der Waals surface area contributed by atoms with Crippen LogP contribution in [0.3, 0.4) is 0 Å². The van der Waals surface area contributed by atoms with Crippen LogP contribution in [0, 0.1) is 0 Å². The summed E-state index contributed by atoms with van der Waals surface area (Å²) in [4.78, 5) is 13.7. The summed E-state index contributed by atoms with van der Waals surface area (Å²) in [5, 5.41) is 0. The standard InChI is InChI=1S/C13H17NO2S/c1-2-16-13(15)14-8-9-17-10-12(14)11-6-4-3-5-7-11/h3-7,12H,2,8-10H2,1H3/t12-/m1/s1. The molecule has 1 aliphatic rings. The average molecular weight is 251 g/mol. The fourth-order valence-corrected chi connectivity index (χ4v) is 3.07. The monoisotopic (exact) mass is 251 g/mol. The van der Waals surface area contributed by atoms with Gasteiger partial charge in [0, 0.05) is 18.1 Å². The van der Waals surface area contributed by atoms with Crippen molar-refractivity contribution in [1.29, 1.82) is 0 Å². The van der Waals surface area contributed by atoms with E-state index in [1.807, 2.05) is 41.8 Å². The zero-order valence-electron chi connectivity index (χ0n) is 9.96. The molecule has 0 bridgehead atoms. The van der Waals surface area contributed by atoms with Gasteiger partial charge in [0.15, 0.2) is 0 Å². The van der Waals surface area contributed by atoms with Gasteiger partial charge in [-0.15, -0.1) is 0 Å². The molecule has 2 rings (SSSR count). The van der Waals surface area contributed by atoms with Gasteiger partial charge < -0.3 is 4.74 Å². The molecule has 1 heterocycles. The summed E-state index contributed by atoms with van der Waals surface area (Å²) < 4.78 is 5.11. The molecule has 0 unspecified atom stereocenters. The lowest BCUT2D eigenvalue weighted by atomic mass is 10.1. The summed E-state index contributed by atoms with van der Waals surface area (Å²) in [6.07, 6.45) is -0.193. The minimum Gasteiger partial charge on any atom is -0.450 e. The van der Waals surface area contributed by atoms with Crippen molar-refractivity contribution in [3.63, 3.8) is 0 Å². The number of thioether (sulfide) groups is 1. The van der Waals surface area contributed by atoms with Gasteiger partial charge in [0.25, 0.3) is 0 Å². The third kappa shape index (κ3) is 2.94. The van der Waals surface area contributed by atoms with Crippen molar-refractivity contribution in [2.45, 2.75) is 13.0 Å². The van der Waals surface area contributed by atoms with Crippen molar-refractivity contribution in [1.82, 2.24) is 4.90 Å². The number of benzene rings is 1. The van der Waals surface area contributed by atoms with Crippen molar-refractivity contribution in [2.24, 2.45) is 0 Å². The summed E-state index contributed by atoms with van der Waals surface area (Å²) in [5.41, 5.74) is 1.19. The molecule has 1 aliphatic heterocycles. The van der Waals surface area contributed by atoms with Gasteiger partial charge in [-0.1, -0.05) is 30.3 Å². The maximum Gasteiger partial charge on any atom is 0.410 e. The molecule has 1 aromatic carbocycles. The molecule has 0 N–H and O–H groups in total. The number of amides is 1. The Balaban J connectivity index is 2.15. The minimum absolute atomic E-state index is 0.147. The van der Waals surface area contributed by atoms with Gasteiger partial charge in [0.2, 0.25) is 0 Å². The highest BCUT2D eigenvalue weighted by Crippen LogP contribution is 2.29. The maximum atomic E-state index is 11.9. The van der Waals surface area contributed by atoms with Crippen LogP contribution in [0.1, 0.15) is 18.5 Å². The summed E-state index contributed by atoms with van der Waals surface area (Å²) in [6.45, 7) is 3.04. The molecule has 1 aromatic rings. The van der Waals surface area contributed by atoms with Gasteiger partial charge >= 0.3 is 6.09 Å². The Hall–Kier alpha value is -1.16. The molecule has 0 saturated carbocycles. The minimum atomic E-state index is -0.193. The Labute approximate surface area is 106 Å². The van der Waals surface area contributed by atoms with E-state index < -0.39 is 0 Å². The highest BCUT2D eigenvalue weighted by Gasteiger charge is 2.28. The number of nitrogens with zero attached hydrogens (tertiary/aromatic N) is 1. The lowest BCUT2D eigenvalue weighted by Gasteiger charge is -2.34. The highest BCUT2D eigenvalue weighted by molar-refractivity contribution is 7.99. The highest BCUT2D eigenvalue weighted by atomic mass is 32.2. The second-order valence-electron chi connectivity index (χ2n) is 3.89. The zero-order valence-corrected chi connectivity index (χ0v) is 10.8. The number of carbonyl (C=O) groups is 1. The molecule has 17 heavy (non-hydrogen) atoms. The van der Waals surface area contributed by atoms with E-state index in [9.17, 15) is 4.79 Å². The largest absolute Gasteiger partial charge is 0.450 e. The van der Waals surface area contributed by atoms with Crippen LogP contribution in [0.4, 0.5) is 4.79 Å². The van der Waals surface area contributed by atoms with Crippen LogP contribution in [0.25, 0.3) is 0 Å². The zero-order chi connectivity index (χ0) is 12.1. The van der Waals surface area contributed by atoms with Gasteiger partial charge in [-0.3, -0.25) is 4.90 Å². The van der Waals surface area contributed by atoms with Gasteiger partial charge in [0.1, 0.15) is 0 Å². The molecule has 0 aliphatic carbocycles. The first-order valence-electron chi connectivity index (χ1n) is 5.89. The number of ether oxygens (including phenoxy) is 1. The third-order valence-corrected chi connectivity index (χ3v) is 3.84. The van der Waals surface area contributed by atoms with Gasteiger partial charge in [-0.25, -0.2) is 4.79 Å². The topological polar surface area (TPSA) is 29.5 Å². The van der Waals surface area contributed by atoms with Crippen LogP contribution in [-0.2, 0) is 4.74 Å². The van der Waals surface area contributed by atoms with Crippen molar-refractivity contribution in [3.05, 3.63) is 35.9 Å². The number of hydrogen-bond acceptors (Lipinski definition) is 3. The first-order chi connectivity index (χ1) is 8.33. The van der Waals surface area contributed by atoms with E-state index in [0.29, 0.717) is 6.61 Å². The van der Waals surface area contributed by atoms with E-state index in [1.165, 1.54) is 5.56 Å². The van der Waals surface area contributed by atoms with Crippen LogP contribution >= 0.6 is 11.8 Å². The van der Waals surface area contributed by atoms with E-state index in [4.69, 9.17) is 4.74 Å². The number of rotatable bonds is 2.